The number of fused-ring (bicyclic) bond motifs is 1. The van der Waals surface area contributed by atoms with Gasteiger partial charge in [-0.05, 0) is 48.9 Å². The number of aryl methyl sites for hydroxylation is 1. The van der Waals surface area contributed by atoms with Gasteiger partial charge in [-0.3, -0.25) is 4.57 Å². The molecule has 0 saturated carbocycles. The molecule has 160 valence electrons. The Morgan fingerprint density at radius 2 is 1.68 bits per heavy atom. The molecule has 0 aliphatic rings. The highest BCUT2D eigenvalue weighted by Crippen LogP contribution is 2.27. The minimum atomic E-state index is -1.20. The van der Waals surface area contributed by atoms with Gasteiger partial charge < -0.3 is 4.74 Å². The molecule has 0 radical (unpaired) electrons. The third kappa shape index (κ3) is 4.40. The maximum absolute atomic E-state index is 13.0. The fourth-order valence-corrected chi connectivity index (χ4v) is 4.83. The molecule has 0 fully saturated rings. The van der Waals surface area contributed by atoms with Crippen molar-refractivity contribution in [1.29, 1.82) is 0 Å². The highest BCUT2D eigenvalue weighted by molar-refractivity contribution is 7.82. The van der Waals surface area contributed by atoms with Crippen LogP contribution in [0.4, 0.5) is 0 Å². The maximum atomic E-state index is 13.0. The van der Waals surface area contributed by atoms with Gasteiger partial charge >= 0.3 is 0 Å². The number of benzene rings is 3. The number of ether oxygens (including phenoxy) is 1. The molecule has 1 heterocycles. The summed E-state index contributed by atoms with van der Waals surface area (Å²) in [5, 5.41) is 0. The SMILES string of the molecule is CCN(CC)S(=O)c1ccc2c(c1)nc(COc1ccccc1)n2-c1ccccc1C. The fourth-order valence-electron chi connectivity index (χ4n) is 3.67. The lowest BCUT2D eigenvalue weighted by Gasteiger charge is -2.17. The van der Waals surface area contributed by atoms with E-state index in [9.17, 15) is 4.21 Å². The van der Waals surface area contributed by atoms with Crippen molar-refractivity contribution in [3.63, 3.8) is 0 Å². The van der Waals surface area contributed by atoms with Crippen molar-refractivity contribution < 1.29 is 8.95 Å². The van der Waals surface area contributed by atoms with Crippen LogP contribution in [0, 0.1) is 6.92 Å². The lowest BCUT2D eigenvalue weighted by molar-refractivity contribution is 0.294. The molecule has 0 amide bonds. The Morgan fingerprint density at radius 3 is 2.39 bits per heavy atom. The van der Waals surface area contributed by atoms with Crippen LogP contribution in [0.3, 0.4) is 0 Å². The number of hydrogen-bond acceptors (Lipinski definition) is 3. The van der Waals surface area contributed by atoms with Crippen molar-refractivity contribution in [3.05, 3.63) is 84.2 Å². The van der Waals surface area contributed by atoms with Gasteiger partial charge in [0.2, 0.25) is 0 Å². The van der Waals surface area contributed by atoms with Gasteiger partial charge in [0.05, 0.1) is 21.6 Å². The monoisotopic (exact) mass is 433 g/mol. The number of rotatable bonds is 8. The predicted molar refractivity (Wildman–Crippen MR) is 126 cm³/mol. The molecule has 0 aliphatic carbocycles. The van der Waals surface area contributed by atoms with E-state index >= 15 is 0 Å². The average molecular weight is 434 g/mol. The summed E-state index contributed by atoms with van der Waals surface area (Å²) in [5.74, 6) is 1.60. The third-order valence-corrected chi connectivity index (χ3v) is 6.95. The first-order chi connectivity index (χ1) is 15.1. The van der Waals surface area contributed by atoms with Crippen LogP contribution in [0.15, 0.2) is 77.7 Å². The van der Waals surface area contributed by atoms with Crippen LogP contribution in [-0.2, 0) is 17.6 Å². The zero-order chi connectivity index (χ0) is 21.8. The topological polar surface area (TPSA) is 47.4 Å². The summed E-state index contributed by atoms with van der Waals surface area (Å²) in [5.41, 5.74) is 4.00. The van der Waals surface area contributed by atoms with Gasteiger partial charge in [-0.2, -0.15) is 0 Å². The highest BCUT2D eigenvalue weighted by Gasteiger charge is 2.18. The minimum Gasteiger partial charge on any atom is -0.486 e. The largest absolute Gasteiger partial charge is 0.486 e. The zero-order valence-corrected chi connectivity index (χ0v) is 18.9. The molecule has 0 saturated heterocycles. The van der Waals surface area contributed by atoms with E-state index in [2.05, 4.69) is 23.6 Å². The Balaban J connectivity index is 1.79. The molecule has 3 aromatic carbocycles. The van der Waals surface area contributed by atoms with Crippen molar-refractivity contribution in [2.24, 2.45) is 0 Å². The van der Waals surface area contributed by atoms with Gasteiger partial charge in [0, 0.05) is 13.1 Å². The van der Waals surface area contributed by atoms with E-state index in [1.165, 1.54) is 0 Å². The number of nitrogens with zero attached hydrogens (tertiary/aromatic N) is 3. The quantitative estimate of drug-likeness (QED) is 0.380. The molecule has 1 atom stereocenters. The van der Waals surface area contributed by atoms with E-state index in [4.69, 9.17) is 9.72 Å². The predicted octanol–water partition coefficient (Wildman–Crippen LogP) is 5.28. The van der Waals surface area contributed by atoms with E-state index in [0.717, 1.165) is 51.8 Å². The van der Waals surface area contributed by atoms with Crippen molar-refractivity contribution >= 4 is 22.0 Å². The Morgan fingerprint density at radius 1 is 0.968 bits per heavy atom. The first-order valence-electron chi connectivity index (χ1n) is 10.5. The Kier molecular flexibility index (Phi) is 6.49. The Labute approximate surface area is 185 Å². The lowest BCUT2D eigenvalue weighted by atomic mass is 10.2. The van der Waals surface area contributed by atoms with Crippen LogP contribution in [0.2, 0.25) is 0 Å². The summed E-state index contributed by atoms with van der Waals surface area (Å²) in [6, 6.07) is 23.9. The van der Waals surface area contributed by atoms with E-state index < -0.39 is 11.0 Å². The number of imidazole rings is 1. The van der Waals surface area contributed by atoms with Gasteiger partial charge in [0.25, 0.3) is 0 Å². The highest BCUT2D eigenvalue weighted by atomic mass is 32.2. The number of para-hydroxylation sites is 2. The number of aromatic nitrogens is 2. The fraction of sp³-hybridized carbons (Fsp3) is 0.240. The van der Waals surface area contributed by atoms with Gasteiger partial charge in [0.1, 0.15) is 23.3 Å². The van der Waals surface area contributed by atoms with Crippen LogP contribution in [0.5, 0.6) is 5.75 Å². The first kappa shape index (κ1) is 21.3. The normalized spacial score (nSPS) is 12.4. The van der Waals surface area contributed by atoms with Crippen molar-refractivity contribution in [3.8, 4) is 11.4 Å². The second-order valence-corrected chi connectivity index (χ2v) is 8.75. The average Bonchev–Trinajstić information content (AvgIpc) is 3.17. The first-order valence-corrected chi connectivity index (χ1v) is 11.6. The van der Waals surface area contributed by atoms with Gasteiger partial charge in [-0.25, -0.2) is 13.5 Å². The molecule has 6 heteroatoms. The standard InChI is InChI=1S/C25H27N3O2S/c1-4-27(5-2)31(29)21-15-16-24-22(17-21)26-25(18-30-20-12-7-6-8-13-20)28(24)23-14-10-9-11-19(23)3/h6-17H,4-5,18H2,1-3H3. The minimum absolute atomic E-state index is 0.335. The number of hydrogen-bond donors (Lipinski definition) is 0. The summed E-state index contributed by atoms with van der Waals surface area (Å²) in [4.78, 5) is 5.65. The summed E-state index contributed by atoms with van der Waals surface area (Å²) >= 11 is 0. The van der Waals surface area contributed by atoms with E-state index in [0.29, 0.717) is 6.61 Å². The molecule has 4 rings (SSSR count). The molecule has 0 bridgehead atoms. The molecule has 1 aromatic heterocycles. The second kappa shape index (κ2) is 9.45. The van der Waals surface area contributed by atoms with Gasteiger partial charge in [0.15, 0.2) is 5.82 Å². The van der Waals surface area contributed by atoms with Crippen LogP contribution >= 0.6 is 0 Å². The molecule has 1 unspecified atom stereocenters. The third-order valence-electron chi connectivity index (χ3n) is 5.30. The molecule has 0 spiro atoms. The summed E-state index contributed by atoms with van der Waals surface area (Å²) in [6.45, 7) is 7.93. The molecule has 4 aromatic rings. The molecule has 31 heavy (non-hydrogen) atoms. The molecular weight excluding hydrogens is 406 g/mol. The van der Waals surface area contributed by atoms with Crippen LogP contribution < -0.4 is 4.74 Å². The summed E-state index contributed by atoms with van der Waals surface area (Å²) < 4.78 is 23.0. The summed E-state index contributed by atoms with van der Waals surface area (Å²) in [6.07, 6.45) is 0. The molecule has 0 N–H and O–H groups in total. The van der Waals surface area contributed by atoms with E-state index in [-0.39, 0.29) is 0 Å². The summed E-state index contributed by atoms with van der Waals surface area (Å²) in [7, 11) is -1.20. The van der Waals surface area contributed by atoms with Crippen LogP contribution in [0.1, 0.15) is 25.2 Å². The Hall–Kier alpha value is -2.96. The van der Waals surface area contributed by atoms with Gasteiger partial charge in [-0.15, -0.1) is 0 Å². The molecule has 0 aliphatic heterocycles. The maximum Gasteiger partial charge on any atom is 0.152 e. The van der Waals surface area contributed by atoms with Gasteiger partial charge in [-0.1, -0.05) is 50.2 Å². The van der Waals surface area contributed by atoms with Crippen molar-refractivity contribution in [2.45, 2.75) is 32.3 Å². The van der Waals surface area contributed by atoms with Crippen LogP contribution in [0.25, 0.3) is 16.7 Å². The van der Waals surface area contributed by atoms with E-state index in [1.807, 2.05) is 78.8 Å². The molecule has 5 nitrogen and oxygen atoms in total. The lowest BCUT2D eigenvalue weighted by Crippen LogP contribution is -2.25. The zero-order valence-electron chi connectivity index (χ0n) is 18.1. The van der Waals surface area contributed by atoms with Crippen molar-refractivity contribution in [2.75, 3.05) is 13.1 Å². The van der Waals surface area contributed by atoms with Crippen LogP contribution in [-0.4, -0.2) is 31.2 Å². The second-order valence-electron chi connectivity index (χ2n) is 7.27. The van der Waals surface area contributed by atoms with E-state index in [1.54, 1.807) is 0 Å². The smallest absolute Gasteiger partial charge is 0.152 e. The molecular formula is C25H27N3O2S. The van der Waals surface area contributed by atoms with Crippen molar-refractivity contribution in [1.82, 2.24) is 13.9 Å². The Bertz CT molecular complexity index is 1200.